The van der Waals surface area contributed by atoms with Crippen LogP contribution in [0.4, 0.5) is 5.69 Å². The summed E-state index contributed by atoms with van der Waals surface area (Å²) in [6, 6.07) is 4.66. The minimum atomic E-state index is -0.372. The summed E-state index contributed by atoms with van der Waals surface area (Å²) in [6.45, 7) is 4.19. The quantitative estimate of drug-likeness (QED) is 0.847. The van der Waals surface area contributed by atoms with Gasteiger partial charge in [0.25, 0.3) is 0 Å². The molecule has 0 aliphatic rings. The Labute approximate surface area is 129 Å². The molecule has 0 saturated heterocycles. The van der Waals surface area contributed by atoms with E-state index in [1.807, 2.05) is 18.9 Å². The van der Waals surface area contributed by atoms with Crippen molar-refractivity contribution in [1.29, 1.82) is 0 Å². The molecule has 1 amide bonds. The van der Waals surface area contributed by atoms with Gasteiger partial charge in [-0.15, -0.1) is 0 Å². The Balaban J connectivity index is 2.58. The van der Waals surface area contributed by atoms with Gasteiger partial charge in [-0.3, -0.25) is 9.69 Å². The molecular weight excluding hydrogens is 299 g/mol. The van der Waals surface area contributed by atoms with E-state index >= 15 is 0 Å². The van der Waals surface area contributed by atoms with Crippen LogP contribution in [0.15, 0.2) is 18.2 Å². The molecule has 6 heteroatoms. The van der Waals surface area contributed by atoms with Gasteiger partial charge in [0.2, 0.25) is 5.91 Å². The second kappa shape index (κ2) is 7.84. The van der Waals surface area contributed by atoms with Gasteiger partial charge in [0.05, 0.1) is 22.2 Å². The van der Waals surface area contributed by atoms with Crippen molar-refractivity contribution in [3.8, 4) is 0 Å². The summed E-state index contributed by atoms with van der Waals surface area (Å²) in [4.78, 5) is 14.0. The van der Waals surface area contributed by atoms with Gasteiger partial charge in [0, 0.05) is 12.2 Å². The number of nitrogens with one attached hydrogen (secondary N) is 1. The molecule has 4 nitrogen and oxygen atoms in total. The van der Waals surface area contributed by atoms with Crippen LogP contribution in [0.2, 0.25) is 10.0 Å². The highest BCUT2D eigenvalue weighted by Gasteiger charge is 2.18. The van der Waals surface area contributed by atoms with Gasteiger partial charge in [-0.25, -0.2) is 0 Å². The van der Waals surface area contributed by atoms with Gasteiger partial charge in [-0.2, -0.15) is 0 Å². The van der Waals surface area contributed by atoms with Crippen LogP contribution in [0.3, 0.4) is 0 Å². The van der Waals surface area contributed by atoms with Crippen LogP contribution in [0.5, 0.6) is 0 Å². The zero-order valence-electron chi connectivity index (χ0n) is 11.9. The lowest BCUT2D eigenvalue weighted by atomic mass is 10.2. The summed E-state index contributed by atoms with van der Waals surface area (Å²) in [5.41, 5.74) is 0.611. The number of aliphatic hydroxyl groups is 1. The van der Waals surface area contributed by atoms with E-state index in [9.17, 15) is 9.90 Å². The minimum Gasteiger partial charge on any atom is -0.393 e. The van der Waals surface area contributed by atoms with E-state index in [2.05, 4.69) is 5.32 Å². The Kier molecular flexibility index (Phi) is 6.76. The Morgan fingerprint density at radius 2 is 2.00 bits per heavy atom. The summed E-state index contributed by atoms with van der Waals surface area (Å²) in [5.74, 6) is -0.128. The molecule has 112 valence electrons. The fourth-order valence-electron chi connectivity index (χ4n) is 1.60. The maximum atomic E-state index is 12.1. The fourth-order valence-corrected chi connectivity index (χ4v) is 1.90. The van der Waals surface area contributed by atoms with Gasteiger partial charge in [0.1, 0.15) is 0 Å². The van der Waals surface area contributed by atoms with E-state index in [-0.39, 0.29) is 18.1 Å². The van der Waals surface area contributed by atoms with Gasteiger partial charge in [-0.05, 0) is 45.5 Å². The normalized spacial score (nSPS) is 14.2. The first kappa shape index (κ1) is 17.2. The number of hydrogen-bond donors (Lipinski definition) is 2. The van der Waals surface area contributed by atoms with Gasteiger partial charge < -0.3 is 10.4 Å². The van der Waals surface area contributed by atoms with Gasteiger partial charge in [-0.1, -0.05) is 23.2 Å². The topological polar surface area (TPSA) is 52.6 Å². The van der Waals surface area contributed by atoms with E-state index in [0.29, 0.717) is 28.7 Å². The number of hydrogen-bond acceptors (Lipinski definition) is 3. The lowest BCUT2D eigenvalue weighted by Crippen LogP contribution is -2.40. The zero-order chi connectivity index (χ0) is 15.3. The second-order valence-electron chi connectivity index (χ2n) is 4.91. The molecule has 2 N–H and O–H groups in total. The smallest absolute Gasteiger partial charge is 0.241 e. The van der Waals surface area contributed by atoms with Gasteiger partial charge >= 0.3 is 0 Å². The summed E-state index contributed by atoms with van der Waals surface area (Å²) < 4.78 is 0. The Morgan fingerprint density at radius 1 is 1.35 bits per heavy atom. The molecule has 0 saturated carbocycles. The van der Waals surface area contributed by atoms with Gasteiger partial charge in [0.15, 0.2) is 0 Å². The molecule has 2 atom stereocenters. The zero-order valence-corrected chi connectivity index (χ0v) is 13.4. The average Bonchev–Trinajstić information content (AvgIpc) is 2.39. The van der Waals surface area contributed by atoms with Crippen molar-refractivity contribution in [2.75, 3.05) is 18.9 Å². The van der Waals surface area contributed by atoms with Crippen molar-refractivity contribution in [1.82, 2.24) is 4.90 Å². The number of benzene rings is 1. The Hall–Kier alpha value is -0.810. The first-order valence-electron chi connectivity index (χ1n) is 6.45. The first-order chi connectivity index (χ1) is 9.31. The standard InChI is InChI=1S/C14H20Cl2N2O2/c1-9(19)6-7-18(3)10(2)14(20)17-11-4-5-12(15)13(16)8-11/h4-5,8-10,19H,6-7H2,1-3H3,(H,17,20). The number of amides is 1. The molecule has 0 bridgehead atoms. The van der Waals surface area contributed by atoms with Crippen molar-refractivity contribution in [3.63, 3.8) is 0 Å². The minimum absolute atomic E-state index is 0.128. The SMILES string of the molecule is CC(O)CCN(C)C(C)C(=O)Nc1ccc(Cl)c(Cl)c1. The number of likely N-dealkylation sites (N-methyl/N-ethyl adjacent to an activating group) is 1. The predicted molar refractivity (Wildman–Crippen MR) is 83.5 cm³/mol. The average molecular weight is 319 g/mol. The maximum Gasteiger partial charge on any atom is 0.241 e. The third-order valence-corrected chi connectivity index (χ3v) is 3.87. The molecule has 1 aromatic carbocycles. The molecule has 1 aromatic rings. The highest BCUT2D eigenvalue weighted by Crippen LogP contribution is 2.25. The van der Waals surface area contributed by atoms with Crippen molar-refractivity contribution >= 4 is 34.8 Å². The molecule has 0 heterocycles. The third-order valence-electron chi connectivity index (χ3n) is 3.13. The lowest BCUT2D eigenvalue weighted by Gasteiger charge is -2.24. The van der Waals surface area contributed by atoms with Crippen LogP contribution in [0.25, 0.3) is 0 Å². The number of halogens is 2. The molecule has 20 heavy (non-hydrogen) atoms. The monoisotopic (exact) mass is 318 g/mol. The largest absolute Gasteiger partial charge is 0.393 e. The number of carbonyl (C=O) groups excluding carboxylic acids is 1. The predicted octanol–water partition coefficient (Wildman–Crippen LogP) is 3.02. The van der Waals surface area contributed by atoms with Crippen molar-refractivity contribution in [3.05, 3.63) is 28.2 Å². The highest BCUT2D eigenvalue weighted by atomic mass is 35.5. The molecule has 0 aliphatic carbocycles. The third kappa shape index (κ3) is 5.29. The molecular formula is C14H20Cl2N2O2. The molecule has 2 unspecified atom stereocenters. The number of rotatable bonds is 6. The summed E-state index contributed by atoms with van der Waals surface area (Å²) in [7, 11) is 1.85. The number of carbonyl (C=O) groups is 1. The molecule has 0 radical (unpaired) electrons. The van der Waals surface area contributed by atoms with E-state index in [0.717, 1.165) is 0 Å². The Bertz CT molecular complexity index is 466. The summed E-state index contributed by atoms with van der Waals surface area (Å²) in [6.07, 6.45) is 0.253. The molecule has 0 aromatic heterocycles. The van der Waals surface area contributed by atoms with Crippen molar-refractivity contribution in [2.45, 2.75) is 32.4 Å². The van der Waals surface area contributed by atoms with E-state index in [4.69, 9.17) is 23.2 Å². The fraction of sp³-hybridized carbons (Fsp3) is 0.500. The van der Waals surface area contributed by atoms with E-state index < -0.39 is 0 Å². The number of anilines is 1. The van der Waals surface area contributed by atoms with E-state index in [1.54, 1.807) is 25.1 Å². The summed E-state index contributed by atoms with van der Waals surface area (Å²) in [5, 5.41) is 12.9. The van der Waals surface area contributed by atoms with E-state index in [1.165, 1.54) is 0 Å². The van der Waals surface area contributed by atoms with Crippen molar-refractivity contribution < 1.29 is 9.90 Å². The molecule has 0 aliphatic heterocycles. The van der Waals surface area contributed by atoms with Crippen LogP contribution in [0, 0.1) is 0 Å². The first-order valence-corrected chi connectivity index (χ1v) is 7.21. The second-order valence-corrected chi connectivity index (χ2v) is 5.73. The highest BCUT2D eigenvalue weighted by molar-refractivity contribution is 6.42. The maximum absolute atomic E-state index is 12.1. The number of aliphatic hydroxyl groups excluding tert-OH is 1. The number of nitrogens with zero attached hydrogens (tertiary/aromatic N) is 1. The molecule has 0 spiro atoms. The van der Waals surface area contributed by atoms with Crippen LogP contribution < -0.4 is 5.32 Å². The van der Waals surface area contributed by atoms with Crippen LogP contribution in [0.1, 0.15) is 20.3 Å². The van der Waals surface area contributed by atoms with Crippen LogP contribution >= 0.6 is 23.2 Å². The van der Waals surface area contributed by atoms with Crippen LogP contribution in [-0.2, 0) is 4.79 Å². The molecule has 1 rings (SSSR count). The summed E-state index contributed by atoms with van der Waals surface area (Å²) >= 11 is 11.7. The van der Waals surface area contributed by atoms with Crippen LogP contribution in [-0.4, -0.2) is 41.7 Å². The molecule has 0 fully saturated rings. The van der Waals surface area contributed by atoms with Crippen molar-refractivity contribution in [2.24, 2.45) is 0 Å². The lowest BCUT2D eigenvalue weighted by molar-refractivity contribution is -0.120. The Morgan fingerprint density at radius 3 is 2.55 bits per heavy atom.